The third kappa shape index (κ3) is 5.68. The van der Waals surface area contributed by atoms with E-state index in [1.165, 1.54) is 27.7 Å². The zero-order valence-corrected chi connectivity index (χ0v) is 19.4. The van der Waals surface area contributed by atoms with Crippen molar-refractivity contribution in [1.29, 1.82) is 5.26 Å². The van der Waals surface area contributed by atoms with Crippen molar-refractivity contribution in [2.75, 3.05) is 29.5 Å². The molecule has 0 saturated heterocycles. The van der Waals surface area contributed by atoms with Crippen LogP contribution in [0.5, 0.6) is 0 Å². The Bertz CT molecular complexity index is 1150. The van der Waals surface area contributed by atoms with E-state index in [1.807, 2.05) is 24.3 Å². The lowest BCUT2D eigenvalue weighted by atomic mass is 10.0. The standard InChI is InChI=1S/C23H26F3N5O3/c1-15-28-19(29-11-9-16-7-5-6-8-17(16)10-12-29)18(13-27)20(32)31(15)30(14-23(24,25)26)21(33)34-22(2,3)4/h5-8H,9-12,14H2,1-4H3. The van der Waals surface area contributed by atoms with Crippen LogP contribution >= 0.6 is 0 Å². The molecule has 0 unspecified atom stereocenters. The predicted octanol–water partition coefficient (Wildman–Crippen LogP) is 3.46. The number of carbonyl (C=O) groups excluding carboxylic acids is 1. The minimum atomic E-state index is -4.83. The van der Waals surface area contributed by atoms with Crippen LogP contribution < -0.4 is 15.5 Å². The molecule has 0 bridgehead atoms. The normalized spacial score (nSPS) is 14.1. The molecule has 1 aliphatic heterocycles. The van der Waals surface area contributed by atoms with Crippen LogP contribution in [0.2, 0.25) is 0 Å². The average Bonchev–Trinajstić information content (AvgIpc) is 2.93. The second-order valence-corrected chi connectivity index (χ2v) is 9.00. The van der Waals surface area contributed by atoms with Crippen LogP contribution in [0.3, 0.4) is 0 Å². The van der Waals surface area contributed by atoms with E-state index in [2.05, 4.69) is 4.98 Å². The molecule has 2 aromatic rings. The quantitative estimate of drug-likeness (QED) is 0.673. The molecule has 0 saturated carbocycles. The van der Waals surface area contributed by atoms with Gasteiger partial charge in [-0.3, -0.25) is 4.79 Å². The van der Waals surface area contributed by atoms with E-state index in [-0.39, 0.29) is 16.7 Å². The van der Waals surface area contributed by atoms with Gasteiger partial charge in [-0.15, -0.1) is 0 Å². The molecular formula is C23H26F3N5O3. The number of benzene rings is 1. The minimum absolute atomic E-state index is 0.0882. The molecule has 2 heterocycles. The maximum absolute atomic E-state index is 13.3. The lowest BCUT2D eigenvalue weighted by molar-refractivity contribution is -0.122. The van der Waals surface area contributed by atoms with Crippen molar-refractivity contribution < 1.29 is 22.7 Å². The number of anilines is 1. The molecule has 0 radical (unpaired) electrons. The van der Waals surface area contributed by atoms with Gasteiger partial charge in [-0.1, -0.05) is 24.3 Å². The number of nitrogens with zero attached hydrogens (tertiary/aromatic N) is 5. The highest BCUT2D eigenvalue weighted by Gasteiger charge is 2.38. The first kappa shape index (κ1) is 25.1. The first-order valence-electron chi connectivity index (χ1n) is 10.7. The zero-order chi connectivity index (χ0) is 25.3. The van der Waals surface area contributed by atoms with Crippen molar-refractivity contribution in [1.82, 2.24) is 9.66 Å². The van der Waals surface area contributed by atoms with Crippen LogP contribution in [0, 0.1) is 18.3 Å². The van der Waals surface area contributed by atoms with E-state index in [1.54, 1.807) is 11.0 Å². The van der Waals surface area contributed by atoms with Crippen LogP contribution in [0.15, 0.2) is 29.1 Å². The Kier molecular flexibility index (Phi) is 6.91. The number of aromatic nitrogens is 2. The van der Waals surface area contributed by atoms with Gasteiger partial charge in [0.1, 0.15) is 24.0 Å². The second-order valence-electron chi connectivity index (χ2n) is 9.00. The Morgan fingerprint density at radius 1 is 1.18 bits per heavy atom. The summed E-state index contributed by atoms with van der Waals surface area (Å²) in [6.07, 6.45) is -4.89. The van der Waals surface area contributed by atoms with E-state index in [0.29, 0.717) is 30.6 Å². The van der Waals surface area contributed by atoms with Gasteiger partial charge < -0.3 is 9.64 Å². The van der Waals surface area contributed by atoms with Gasteiger partial charge in [-0.25, -0.2) is 14.8 Å². The first-order valence-corrected chi connectivity index (χ1v) is 10.7. The van der Waals surface area contributed by atoms with E-state index >= 15 is 0 Å². The summed E-state index contributed by atoms with van der Waals surface area (Å²) >= 11 is 0. The summed E-state index contributed by atoms with van der Waals surface area (Å²) in [4.78, 5) is 32.0. The van der Waals surface area contributed by atoms with Crippen molar-refractivity contribution in [3.05, 3.63) is 57.1 Å². The van der Waals surface area contributed by atoms with Gasteiger partial charge in [0.15, 0.2) is 11.4 Å². The first-order chi connectivity index (χ1) is 15.8. The van der Waals surface area contributed by atoms with Gasteiger partial charge >= 0.3 is 12.3 Å². The van der Waals surface area contributed by atoms with Crippen molar-refractivity contribution in [2.45, 2.75) is 52.3 Å². The van der Waals surface area contributed by atoms with E-state index in [9.17, 15) is 28.0 Å². The summed E-state index contributed by atoms with van der Waals surface area (Å²) in [6, 6.07) is 9.67. The molecule has 0 fully saturated rings. The number of halogens is 3. The summed E-state index contributed by atoms with van der Waals surface area (Å²) in [7, 11) is 0. The molecular weight excluding hydrogens is 451 g/mol. The molecule has 11 heteroatoms. The number of amides is 1. The number of nitriles is 1. The van der Waals surface area contributed by atoms with Crippen LogP contribution in [0.1, 0.15) is 43.3 Å². The molecule has 1 aromatic carbocycles. The largest absolute Gasteiger partial charge is 0.442 e. The van der Waals surface area contributed by atoms with Gasteiger partial charge in [0.05, 0.1) is 0 Å². The monoisotopic (exact) mass is 477 g/mol. The summed E-state index contributed by atoms with van der Waals surface area (Å²) in [5.41, 5.74) is -0.316. The van der Waals surface area contributed by atoms with Crippen molar-refractivity contribution >= 4 is 11.9 Å². The van der Waals surface area contributed by atoms with E-state index in [4.69, 9.17) is 4.74 Å². The second kappa shape index (κ2) is 9.37. The Hall–Kier alpha value is -3.55. The fourth-order valence-electron chi connectivity index (χ4n) is 3.80. The van der Waals surface area contributed by atoms with Crippen LogP contribution in [0.4, 0.5) is 23.8 Å². The summed E-state index contributed by atoms with van der Waals surface area (Å²) in [6.45, 7) is 4.95. The molecule has 0 N–H and O–H groups in total. The SMILES string of the molecule is Cc1nc(N2CCc3ccccc3CC2)c(C#N)c(=O)n1N(CC(F)(F)F)C(=O)OC(C)(C)C. The molecule has 0 aliphatic carbocycles. The smallest absolute Gasteiger partial charge is 0.430 e. The molecule has 1 aliphatic rings. The van der Waals surface area contributed by atoms with Gasteiger partial charge in [-0.05, 0) is 51.7 Å². The minimum Gasteiger partial charge on any atom is -0.442 e. The average molecular weight is 477 g/mol. The Morgan fingerprint density at radius 3 is 2.21 bits per heavy atom. The number of fused-ring (bicyclic) bond motifs is 1. The highest BCUT2D eigenvalue weighted by atomic mass is 19.4. The van der Waals surface area contributed by atoms with Crippen LogP contribution in [-0.2, 0) is 17.6 Å². The summed E-state index contributed by atoms with van der Waals surface area (Å²) < 4.78 is 45.5. The third-order valence-electron chi connectivity index (χ3n) is 5.21. The lowest BCUT2D eigenvalue weighted by Gasteiger charge is -2.30. The number of aryl methyl sites for hydroxylation is 1. The fraction of sp³-hybridized carbons (Fsp3) is 0.478. The van der Waals surface area contributed by atoms with Crippen molar-refractivity contribution in [3.63, 3.8) is 0 Å². The molecule has 182 valence electrons. The number of hydrogen-bond donors (Lipinski definition) is 0. The highest BCUT2D eigenvalue weighted by Crippen LogP contribution is 2.23. The molecule has 34 heavy (non-hydrogen) atoms. The molecule has 1 aromatic heterocycles. The maximum atomic E-state index is 13.3. The number of hydrogen-bond acceptors (Lipinski definition) is 6. The van der Waals surface area contributed by atoms with Crippen LogP contribution in [0.25, 0.3) is 0 Å². The van der Waals surface area contributed by atoms with E-state index in [0.717, 1.165) is 11.1 Å². The number of carbonyl (C=O) groups is 1. The number of rotatable bonds is 3. The van der Waals surface area contributed by atoms with Gasteiger partial charge in [-0.2, -0.15) is 23.1 Å². The van der Waals surface area contributed by atoms with Crippen LogP contribution in [-0.4, -0.2) is 47.2 Å². The zero-order valence-electron chi connectivity index (χ0n) is 19.4. The molecule has 8 nitrogen and oxygen atoms in total. The summed E-state index contributed by atoms with van der Waals surface area (Å²) in [5.74, 6) is -0.0823. The third-order valence-corrected chi connectivity index (χ3v) is 5.21. The Morgan fingerprint density at radius 2 is 1.74 bits per heavy atom. The highest BCUT2D eigenvalue weighted by molar-refractivity contribution is 5.79. The number of alkyl halides is 3. The molecule has 0 spiro atoms. The fourth-order valence-corrected chi connectivity index (χ4v) is 3.80. The maximum Gasteiger partial charge on any atom is 0.430 e. The van der Waals surface area contributed by atoms with Gasteiger partial charge in [0.25, 0.3) is 5.56 Å². The summed E-state index contributed by atoms with van der Waals surface area (Å²) in [5, 5.41) is 9.88. The van der Waals surface area contributed by atoms with E-state index < -0.39 is 35.5 Å². The number of ether oxygens (including phenoxy) is 1. The molecule has 3 rings (SSSR count). The van der Waals surface area contributed by atoms with Gasteiger partial charge in [0.2, 0.25) is 0 Å². The predicted molar refractivity (Wildman–Crippen MR) is 119 cm³/mol. The van der Waals surface area contributed by atoms with Gasteiger partial charge in [0, 0.05) is 13.1 Å². The Balaban J connectivity index is 2.05. The Labute approximate surface area is 195 Å². The topological polar surface area (TPSA) is 91.5 Å². The van der Waals surface area contributed by atoms with Crippen molar-refractivity contribution in [3.8, 4) is 6.07 Å². The molecule has 0 atom stereocenters. The lowest BCUT2D eigenvalue weighted by Crippen LogP contribution is -2.54. The molecule has 1 amide bonds. The van der Waals surface area contributed by atoms with Crippen molar-refractivity contribution in [2.24, 2.45) is 0 Å².